The number of carbonyl (C=O) groups is 4. The smallest absolute Gasteiger partial charge is 0.452 e. The summed E-state index contributed by atoms with van der Waals surface area (Å²) in [5, 5.41) is 19.4. The van der Waals surface area contributed by atoms with Crippen molar-refractivity contribution in [3.63, 3.8) is 0 Å². The first-order chi connectivity index (χ1) is 11.4. The van der Waals surface area contributed by atoms with Gasteiger partial charge in [0.05, 0.1) is 0 Å². The van der Waals surface area contributed by atoms with Gasteiger partial charge in [-0.3, -0.25) is 0 Å². The van der Waals surface area contributed by atoms with E-state index in [9.17, 15) is 29.4 Å². The van der Waals surface area contributed by atoms with Crippen molar-refractivity contribution in [2.24, 2.45) is 0 Å². The predicted molar refractivity (Wildman–Crippen MR) is 69.6 cm³/mol. The Kier molecular flexibility index (Phi) is 10.1. The summed E-state index contributed by atoms with van der Waals surface area (Å²) >= 11 is 0. The SMILES string of the molecule is O=C([O-])OC(=O)OC1=CC=CC1.O=C([O-])OC(=O)OC1=CC=CC1.[Co+2]. The third-order valence-electron chi connectivity index (χ3n) is 2.24. The van der Waals surface area contributed by atoms with Crippen molar-refractivity contribution in [3.8, 4) is 0 Å². The molecule has 0 aromatic heterocycles. The molecule has 135 valence electrons. The molecule has 2 aliphatic carbocycles. The Bertz CT molecular complexity index is 588. The normalized spacial score (nSPS) is 13.3. The molecule has 0 atom stereocenters. The van der Waals surface area contributed by atoms with Crippen LogP contribution in [0.25, 0.3) is 0 Å². The quantitative estimate of drug-likeness (QED) is 0.480. The van der Waals surface area contributed by atoms with Crippen LogP contribution in [0.2, 0.25) is 0 Å². The molecule has 2 rings (SSSR count). The Morgan fingerprint density at radius 1 is 0.760 bits per heavy atom. The van der Waals surface area contributed by atoms with Gasteiger partial charge >= 0.3 is 29.1 Å². The molecule has 0 amide bonds. The van der Waals surface area contributed by atoms with Gasteiger partial charge in [-0.05, 0) is 12.2 Å². The standard InChI is InChI=1S/2C7H6O5.Co/c2*8-6(9)12-7(10)11-5-3-1-2-4-5;/h2*1-3H,4H2,(H,8,9);/q;;+2/p-2. The Morgan fingerprint density at radius 2 is 1.12 bits per heavy atom. The summed E-state index contributed by atoms with van der Waals surface area (Å²) in [4.78, 5) is 40.4. The molecular formula is C14H10CoO10. The second-order valence-electron chi connectivity index (χ2n) is 3.94. The fourth-order valence-corrected chi connectivity index (χ4v) is 1.40. The zero-order valence-corrected chi connectivity index (χ0v) is 13.3. The first-order valence-corrected chi connectivity index (χ1v) is 6.29. The van der Waals surface area contributed by atoms with Crippen LogP contribution in [0.5, 0.6) is 0 Å². The van der Waals surface area contributed by atoms with Gasteiger partial charge in [-0.1, -0.05) is 24.3 Å². The van der Waals surface area contributed by atoms with E-state index in [4.69, 9.17) is 0 Å². The van der Waals surface area contributed by atoms with E-state index in [1.807, 2.05) is 0 Å². The van der Waals surface area contributed by atoms with Gasteiger partial charge < -0.3 is 38.7 Å². The maximum Gasteiger partial charge on any atom is 2.00 e. The van der Waals surface area contributed by atoms with Crippen LogP contribution in [-0.4, -0.2) is 24.6 Å². The maximum absolute atomic E-state index is 10.5. The van der Waals surface area contributed by atoms with E-state index in [2.05, 4.69) is 18.9 Å². The number of hydrogen-bond donors (Lipinski definition) is 0. The van der Waals surface area contributed by atoms with E-state index >= 15 is 0 Å². The van der Waals surface area contributed by atoms with E-state index in [1.54, 1.807) is 24.3 Å². The summed E-state index contributed by atoms with van der Waals surface area (Å²) in [7, 11) is 0. The number of hydrogen-bond acceptors (Lipinski definition) is 10. The molecule has 0 bridgehead atoms. The Labute approximate surface area is 151 Å². The molecule has 11 heteroatoms. The molecule has 0 saturated heterocycles. The van der Waals surface area contributed by atoms with E-state index in [-0.39, 0.29) is 16.8 Å². The Morgan fingerprint density at radius 3 is 1.36 bits per heavy atom. The van der Waals surface area contributed by atoms with Gasteiger partial charge in [0.15, 0.2) is 0 Å². The van der Waals surface area contributed by atoms with Crippen LogP contribution >= 0.6 is 0 Å². The summed E-state index contributed by atoms with van der Waals surface area (Å²) in [6.45, 7) is 0. The van der Waals surface area contributed by atoms with Gasteiger partial charge in [-0.15, -0.1) is 0 Å². The van der Waals surface area contributed by atoms with Crippen molar-refractivity contribution in [2.45, 2.75) is 12.8 Å². The van der Waals surface area contributed by atoms with Crippen molar-refractivity contribution in [1.82, 2.24) is 0 Å². The molecule has 0 aliphatic heterocycles. The van der Waals surface area contributed by atoms with Gasteiger partial charge in [0.2, 0.25) is 0 Å². The molecule has 0 fully saturated rings. The van der Waals surface area contributed by atoms with Crippen molar-refractivity contribution >= 4 is 24.6 Å². The van der Waals surface area contributed by atoms with Crippen LogP contribution in [0.4, 0.5) is 19.2 Å². The largest absolute Gasteiger partial charge is 2.00 e. The number of allylic oxidation sites excluding steroid dienone is 6. The summed E-state index contributed by atoms with van der Waals surface area (Å²) < 4.78 is 16.1. The van der Waals surface area contributed by atoms with Crippen molar-refractivity contribution < 1.29 is 65.1 Å². The van der Waals surface area contributed by atoms with E-state index in [0.29, 0.717) is 24.4 Å². The van der Waals surface area contributed by atoms with Crippen LogP contribution in [-0.2, 0) is 35.7 Å². The van der Waals surface area contributed by atoms with Gasteiger partial charge in [0, 0.05) is 12.8 Å². The van der Waals surface area contributed by atoms with Crippen LogP contribution in [0.1, 0.15) is 12.8 Å². The van der Waals surface area contributed by atoms with Crippen molar-refractivity contribution in [3.05, 3.63) is 48.0 Å². The fraction of sp³-hybridized carbons (Fsp3) is 0.143. The minimum absolute atomic E-state index is 0. The maximum atomic E-state index is 10.5. The van der Waals surface area contributed by atoms with E-state index in [0.717, 1.165) is 0 Å². The molecule has 0 aromatic rings. The zero-order chi connectivity index (χ0) is 17.9. The average molecular weight is 397 g/mol. The number of carbonyl (C=O) groups excluding carboxylic acids is 4. The topological polar surface area (TPSA) is 151 Å². The summed E-state index contributed by atoms with van der Waals surface area (Å²) in [5.74, 6) is 0.697. The molecule has 0 saturated carbocycles. The van der Waals surface area contributed by atoms with Gasteiger partial charge in [-0.2, -0.15) is 0 Å². The first kappa shape index (κ1) is 21.9. The van der Waals surface area contributed by atoms with Crippen LogP contribution < -0.4 is 10.2 Å². The van der Waals surface area contributed by atoms with Crippen LogP contribution in [0.3, 0.4) is 0 Å². The third-order valence-corrected chi connectivity index (χ3v) is 2.24. The third kappa shape index (κ3) is 10.4. The Hall–Kier alpha value is -3.05. The molecular weight excluding hydrogens is 387 g/mol. The molecule has 0 aromatic carbocycles. The monoisotopic (exact) mass is 397 g/mol. The minimum atomic E-state index is -1.92. The first-order valence-electron chi connectivity index (χ1n) is 6.29. The molecule has 25 heavy (non-hydrogen) atoms. The fourth-order valence-electron chi connectivity index (χ4n) is 1.40. The Balaban J connectivity index is 0.000000443. The molecule has 0 heterocycles. The van der Waals surface area contributed by atoms with Crippen molar-refractivity contribution in [2.75, 3.05) is 0 Å². The predicted octanol–water partition coefficient (Wildman–Crippen LogP) is 0.651. The molecule has 1 radical (unpaired) electrons. The molecule has 10 nitrogen and oxygen atoms in total. The molecule has 0 spiro atoms. The number of rotatable bonds is 2. The van der Waals surface area contributed by atoms with E-state index in [1.165, 1.54) is 12.2 Å². The number of ether oxygens (including phenoxy) is 4. The summed E-state index contributed by atoms with van der Waals surface area (Å²) in [6.07, 6.45) is 4.44. The molecule has 0 N–H and O–H groups in total. The molecule has 0 unspecified atom stereocenters. The van der Waals surface area contributed by atoms with Crippen LogP contribution in [0, 0.1) is 0 Å². The summed E-state index contributed by atoms with van der Waals surface area (Å²) in [5.41, 5.74) is 0. The average Bonchev–Trinajstić information content (AvgIpc) is 3.11. The van der Waals surface area contributed by atoms with Crippen molar-refractivity contribution in [1.29, 1.82) is 0 Å². The second-order valence-corrected chi connectivity index (χ2v) is 3.94. The summed E-state index contributed by atoms with van der Waals surface area (Å²) in [6, 6.07) is 0. The van der Waals surface area contributed by atoms with Gasteiger partial charge in [-0.25, -0.2) is 9.59 Å². The van der Waals surface area contributed by atoms with E-state index < -0.39 is 24.6 Å². The second kappa shape index (κ2) is 11.5. The molecule has 2 aliphatic rings. The van der Waals surface area contributed by atoms with Gasteiger partial charge in [0.1, 0.15) is 11.5 Å². The number of carboxylic acid groups (broad SMARTS) is 2. The zero-order valence-electron chi connectivity index (χ0n) is 12.3. The van der Waals surface area contributed by atoms with Crippen LogP contribution in [0.15, 0.2) is 48.0 Å². The van der Waals surface area contributed by atoms with Gasteiger partial charge in [0.25, 0.3) is 12.3 Å². The minimum Gasteiger partial charge on any atom is -0.452 e.